The van der Waals surface area contributed by atoms with Crippen molar-refractivity contribution in [2.24, 2.45) is 0 Å². The molecule has 0 saturated carbocycles. The predicted molar refractivity (Wildman–Crippen MR) is 79.9 cm³/mol. The van der Waals surface area contributed by atoms with Crippen molar-refractivity contribution in [1.82, 2.24) is 4.57 Å². The molecule has 0 atom stereocenters. The van der Waals surface area contributed by atoms with Gasteiger partial charge in [-0.1, -0.05) is 11.6 Å². The van der Waals surface area contributed by atoms with Crippen molar-refractivity contribution < 1.29 is 13.9 Å². The first-order valence-electron chi connectivity index (χ1n) is 6.40. The fourth-order valence-corrected chi connectivity index (χ4v) is 3.82. The zero-order valence-corrected chi connectivity index (χ0v) is 12.7. The van der Waals surface area contributed by atoms with Gasteiger partial charge < -0.3 is 9.30 Å². The minimum Gasteiger partial charge on any atom is -0.462 e. The highest BCUT2D eigenvalue weighted by molar-refractivity contribution is 7.99. The Hall–Kier alpha value is -1.53. The number of esters is 1. The molecule has 3 rings (SSSR count). The number of ether oxygens (including phenoxy) is 1. The molecule has 0 saturated heterocycles. The molecule has 0 aliphatic carbocycles. The van der Waals surface area contributed by atoms with E-state index in [-0.39, 0.29) is 22.6 Å². The monoisotopic (exact) mass is 327 g/mol. The summed E-state index contributed by atoms with van der Waals surface area (Å²) in [6, 6.07) is 2.74. The van der Waals surface area contributed by atoms with Gasteiger partial charge in [-0.2, -0.15) is 0 Å². The number of aryl methyl sites for hydroxylation is 1. The zero-order valence-electron chi connectivity index (χ0n) is 11.1. The van der Waals surface area contributed by atoms with Crippen LogP contribution in [0, 0.1) is 5.82 Å². The molecule has 1 aromatic carbocycles. The normalized spacial score (nSPS) is 13.5. The van der Waals surface area contributed by atoms with E-state index in [2.05, 4.69) is 0 Å². The molecule has 2 heterocycles. The Morgan fingerprint density at radius 2 is 2.29 bits per heavy atom. The van der Waals surface area contributed by atoms with Crippen LogP contribution in [0.25, 0.3) is 10.9 Å². The highest BCUT2D eigenvalue weighted by Crippen LogP contribution is 2.34. The molecule has 0 unspecified atom stereocenters. The number of benzene rings is 1. The fraction of sp³-hybridized carbons (Fsp3) is 0.286. The first-order chi connectivity index (χ1) is 10.1. The van der Waals surface area contributed by atoms with E-state index in [0.717, 1.165) is 5.75 Å². The first kappa shape index (κ1) is 14.4. The average molecular weight is 328 g/mol. The molecular formula is C14H11ClFNO3S. The number of nitrogens with zero attached hydrogens (tertiary/aromatic N) is 1. The standard InChI is InChI=1S/C14H11ClFNO3S/c1-2-20-14(19)10-12(18)9-8(4-3-7(16)11(9)15)17-5-6-21-13(10)17/h3-4H,2,5-6H2,1H3. The van der Waals surface area contributed by atoms with E-state index in [1.165, 1.54) is 23.9 Å². The van der Waals surface area contributed by atoms with E-state index < -0.39 is 17.2 Å². The van der Waals surface area contributed by atoms with Gasteiger partial charge in [-0.05, 0) is 19.1 Å². The van der Waals surface area contributed by atoms with Crippen LogP contribution in [0.5, 0.6) is 0 Å². The lowest BCUT2D eigenvalue weighted by Gasteiger charge is -2.13. The number of rotatable bonds is 2. The van der Waals surface area contributed by atoms with Crippen molar-refractivity contribution >= 4 is 40.2 Å². The second-order valence-corrected chi connectivity index (χ2v) is 5.95. The third kappa shape index (κ3) is 2.13. The maximum absolute atomic E-state index is 13.7. The van der Waals surface area contributed by atoms with Crippen LogP contribution < -0.4 is 5.43 Å². The average Bonchev–Trinajstić information content (AvgIpc) is 2.91. The Morgan fingerprint density at radius 3 is 3.00 bits per heavy atom. The van der Waals surface area contributed by atoms with Gasteiger partial charge in [0.15, 0.2) is 0 Å². The predicted octanol–water partition coefficient (Wildman–Crippen LogP) is 3.08. The van der Waals surface area contributed by atoms with Crippen LogP contribution in [0.4, 0.5) is 4.39 Å². The van der Waals surface area contributed by atoms with E-state index in [0.29, 0.717) is 17.1 Å². The van der Waals surface area contributed by atoms with E-state index in [4.69, 9.17) is 16.3 Å². The molecule has 0 amide bonds. The summed E-state index contributed by atoms with van der Waals surface area (Å²) in [6.07, 6.45) is 0. The van der Waals surface area contributed by atoms with Crippen molar-refractivity contribution in [3.05, 3.63) is 38.8 Å². The maximum atomic E-state index is 13.7. The topological polar surface area (TPSA) is 48.3 Å². The first-order valence-corrected chi connectivity index (χ1v) is 7.77. The summed E-state index contributed by atoms with van der Waals surface area (Å²) >= 11 is 7.35. The number of aromatic nitrogens is 1. The molecule has 0 bridgehead atoms. The Balaban J connectivity index is 2.44. The second kappa shape index (κ2) is 5.35. The SMILES string of the molecule is CCOC(=O)c1c2n(c3ccc(F)c(Cl)c3c1=O)CCS2. The summed E-state index contributed by atoms with van der Waals surface area (Å²) in [5.74, 6) is -0.634. The molecule has 1 aromatic heterocycles. The summed E-state index contributed by atoms with van der Waals surface area (Å²) in [5, 5.41) is 0.342. The van der Waals surface area contributed by atoms with Gasteiger partial charge in [0.1, 0.15) is 11.4 Å². The van der Waals surface area contributed by atoms with E-state index in [9.17, 15) is 14.0 Å². The van der Waals surface area contributed by atoms with Gasteiger partial charge in [-0.25, -0.2) is 9.18 Å². The smallest absolute Gasteiger partial charge is 0.344 e. The summed E-state index contributed by atoms with van der Waals surface area (Å²) in [6.45, 7) is 2.46. The van der Waals surface area contributed by atoms with Crippen LogP contribution >= 0.6 is 23.4 Å². The number of carbonyl (C=O) groups is 1. The Morgan fingerprint density at radius 1 is 1.52 bits per heavy atom. The molecule has 110 valence electrons. The highest BCUT2D eigenvalue weighted by Gasteiger charge is 2.28. The van der Waals surface area contributed by atoms with Gasteiger partial charge in [-0.15, -0.1) is 11.8 Å². The number of thioether (sulfide) groups is 1. The zero-order chi connectivity index (χ0) is 15.1. The van der Waals surface area contributed by atoms with Gasteiger partial charge in [0.2, 0.25) is 5.43 Å². The summed E-state index contributed by atoms with van der Waals surface area (Å²) in [7, 11) is 0. The number of pyridine rings is 1. The number of halogens is 2. The molecule has 0 radical (unpaired) electrons. The molecule has 2 aromatic rings. The minimum atomic E-state index is -0.692. The van der Waals surface area contributed by atoms with Crippen LogP contribution in [-0.2, 0) is 11.3 Å². The number of hydrogen-bond acceptors (Lipinski definition) is 4. The van der Waals surface area contributed by atoms with Gasteiger partial charge in [0, 0.05) is 12.3 Å². The van der Waals surface area contributed by atoms with Gasteiger partial charge in [0.25, 0.3) is 0 Å². The van der Waals surface area contributed by atoms with Crippen molar-refractivity contribution in [2.75, 3.05) is 12.4 Å². The molecule has 1 aliphatic rings. The maximum Gasteiger partial charge on any atom is 0.344 e. The molecule has 0 fully saturated rings. The van der Waals surface area contributed by atoms with Crippen molar-refractivity contribution in [3.63, 3.8) is 0 Å². The summed E-state index contributed by atoms with van der Waals surface area (Å²) in [5.41, 5.74) is -0.0904. The van der Waals surface area contributed by atoms with Crippen LogP contribution in [0.3, 0.4) is 0 Å². The van der Waals surface area contributed by atoms with E-state index in [1.807, 2.05) is 4.57 Å². The molecular weight excluding hydrogens is 317 g/mol. The number of fused-ring (bicyclic) bond motifs is 3. The Kier molecular flexibility index (Phi) is 3.67. The lowest BCUT2D eigenvalue weighted by atomic mass is 10.1. The Bertz CT molecular complexity index is 818. The molecule has 7 heteroatoms. The van der Waals surface area contributed by atoms with Crippen molar-refractivity contribution in [1.29, 1.82) is 0 Å². The molecule has 0 spiro atoms. The van der Waals surface area contributed by atoms with Crippen LogP contribution in [-0.4, -0.2) is 22.9 Å². The number of carbonyl (C=O) groups excluding carboxylic acids is 1. The third-order valence-electron chi connectivity index (χ3n) is 3.31. The molecule has 1 aliphatic heterocycles. The van der Waals surface area contributed by atoms with Gasteiger partial charge in [0.05, 0.1) is 27.6 Å². The molecule has 4 nitrogen and oxygen atoms in total. The van der Waals surface area contributed by atoms with Crippen molar-refractivity contribution in [2.45, 2.75) is 18.5 Å². The quantitative estimate of drug-likeness (QED) is 0.795. The molecule has 0 N–H and O–H groups in total. The number of hydrogen-bond donors (Lipinski definition) is 0. The van der Waals surface area contributed by atoms with E-state index >= 15 is 0 Å². The molecule has 21 heavy (non-hydrogen) atoms. The largest absolute Gasteiger partial charge is 0.462 e. The Labute approximate surface area is 128 Å². The second-order valence-electron chi connectivity index (χ2n) is 4.49. The van der Waals surface area contributed by atoms with Gasteiger partial charge >= 0.3 is 5.97 Å². The van der Waals surface area contributed by atoms with Crippen LogP contribution in [0.2, 0.25) is 5.02 Å². The van der Waals surface area contributed by atoms with E-state index in [1.54, 1.807) is 6.92 Å². The van der Waals surface area contributed by atoms with Crippen LogP contribution in [0.1, 0.15) is 17.3 Å². The highest BCUT2D eigenvalue weighted by atomic mass is 35.5. The summed E-state index contributed by atoms with van der Waals surface area (Å²) < 4.78 is 20.4. The van der Waals surface area contributed by atoms with Gasteiger partial charge in [-0.3, -0.25) is 4.79 Å². The third-order valence-corrected chi connectivity index (χ3v) is 4.76. The minimum absolute atomic E-state index is 0.0333. The lowest BCUT2D eigenvalue weighted by Crippen LogP contribution is -2.22. The van der Waals surface area contributed by atoms with Crippen molar-refractivity contribution in [3.8, 4) is 0 Å². The lowest BCUT2D eigenvalue weighted by molar-refractivity contribution is 0.0519. The fourth-order valence-electron chi connectivity index (χ4n) is 2.44. The summed E-state index contributed by atoms with van der Waals surface area (Å²) in [4.78, 5) is 24.7. The van der Waals surface area contributed by atoms with Crippen LogP contribution in [0.15, 0.2) is 22.0 Å².